The fourth-order valence-electron chi connectivity index (χ4n) is 4.07. The van der Waals surface area contributed by atoms with Crippen LogP contribution in [0.5, 0.6) is 0 Å². The maximum Gasteiger partial charge on any atom is 0.325 e. The lowest BCUT2D eigenvalue weighted by Gasteiger charge is -2.38. The molecule has 3 heterocycles. The summed E-state index contributed by atoms with van der Waals surface area (Å²) in [6.07, 6.45) is 1.75. The number of carbonyl (C=O) groups excluding carboxylic acids is 1. The number of anilines is 1. The van der Waals surface area contributed by atoms with E-state index in [-0.39, 0.29) is 11.8 Å². The van der Waals surface area contributed by atoms with E-state index in [2.05, 4.69) is 16.9 Å². The van der Waals surface area contributed by atoms with Crippen molar-refractivity contribution in [1.29, 1.82) is 0 Å². The Morgan fingerprint density at radius 2 is 1.77 bits per heavy atom. The first kappa shape index (κ1) is 19.1. The third-order valence-electron chi connectivity index (χ3n) is 5.78. The zero-order valence-corrected chi connectivity index (χ0v) is 17.3. The lowest BCUT2D eigenvalue weighted by atomic mass is 10.1. The molecule has 2 aliphatic heterocycles. The van der Waals surface area contributed by atoms with Gasteiger partial charge in [-0.15, -0.1) is 0 Å². The van der Waals surface area contributed by atoms with Crippen LogP contribution in [0.2, 0.25) is 5.02 Å². The molecule has 0 spiro atoms. The minimum Gasteiger partial charge on any atom is -0.322 e. The minimum atomic E-state index is -0.293. The predicted octanol–water partition coefficient (Wildman–Crippen LogP) is 4.02. The maximum atomic E-state index is 13.5. The molecule has 0 saturated carbocycles. The van der Waals surface area contributed by atoms with E-state index in [1.807, 2.05) is 27.7 Å². The highest BCUT2D eigenvalue weighted by molar-refractivity contribution is 6.31. The van der Waals surface area contributed by atoms with Gasteiger partial charge in [0, 0.05) is 36.8 Å². The minimum absolute atomic E-state index is 0.0378. The first-order valence-electron chi connectivity index (χ1n) is 9.88. The number of urea groups is 1. The molecule has 0 aliphatic carbocycles. The fourth-order valence-corrected chi connectivity index (χ4v) is 4.24. The Morgan fingerprint density at radius 3 is 2.50 bits per heavy atom. The van der Waals surface area contributed by atoms with Crippen LogP contribution in [0.3, 0.4) is 0 Å². The molecule has 0 bridgehead atoms. The average Bonchev–Trinajstić information content (AvgIpc) is 3.17. The molecule has 1 fully saturated rings. The van der Waals surface area contributed by atoms with E-state index in [1.165, 1.54) is 12.1 Å². The van der Waals surface area contributed by atoms with Gasteiger partial charge in [0.25, 0.3) is 0 Å². The van der Waals surface area contributed by atoms with Crippen LogP contribution in [0.4, 0.5) is 14.9 Å². The molecule has 1 aromatic heterocycles. The van der Waals surface area contributed by atoms with Gasteiger partial charge in [0.15, 0.2) is 0 Å². The number of benzene rings is 2. The molecule has 0 radical (unpaired) electrons. The molecular weight excluding hydrogens is 405 g/mol. The largest absolute Gasteiger partial charge is 0.325 e. The number of fused-ring (bicyclic) bond motifs is 3. The van der Waals surface area contributed by atoms with Gasteiger partial charge in [-0.05, 0) is 49.5 Å². The average molecular weight is 426 g/mol. The number of amides is 2. The second-order valence-electron chi connectivity index (χ2n) is 7.71. The number of nitrogens with zero attached hydrogens (tertiary/aromatic N) is 5. The van der Waals surface area contributed by atoms with Gasteiger partial charge >= 0.3 is 6.03 Å². The number of likely N-dealkylation sites (N-methyl/N-ethyl adjacent to an activating group) is 1. The molecule has 0 atom stereocenters. The van der Waals surface area contributed by atoms with E-state index in [4.69, 9.17) is 11.6 Å². The van der Waals surface area contributed by atoms with Crippen LogP contribution in [-0.4, -0.2) is 58.6 Å². The summed E-state index contributed by atoms with van der Waals surface area (Å²) in [6, 6.07) is 11.8. The van der Waals surface area contributed by atoms with E-state index in [0.29, 0.717) is 24.7 Å². The van der Waals surface area contributed by atoms with Crippen molar-refractivity contribution < 1.29 is 9.18 Å². The summed E-state index contributed by atoms with van der Waals surface area (Å²) in [5, 5.41) is 0.576. The van der Waals surface area contributed by atoms with Crippen LogP contribution in [0, 0.1) is 5.82 Å². The third kappa shape index (κ3) is 3.24. The topological polar surface area (TPSA) is 44.6 Å². The second-order valence-corrected chi connectivity index (χ2v) is 8.15. The lowest BCUT2D eigenvalue weighted by Crippen LogP contribution is -2.52. The molecule has 2 aliphatic rings. The molecular formula is C22H21ClFN5O. The van der Waals surface area contributed by atoms with Crippen LogP contribution in [0.15, 0.2) is 48.8 Å². The third-order valence-corrected chi connectivity index (χ3v) is 6.02. The normalized spacial score (nSPS) is 16.4. The van der Waals surface area contributed by atoms with Gasteiger partial charge < -0.3 is 9.80 Å². The number of aromatic nitrogens is 2. The van der Waals surface area contributed by atoms with Crippen LogP contribution in [-0.2, 0) is 6.54 Å². The Morgan fingerprint density at radius 1 is 1.03 bits per heavy atom. The summed E-state index contributed by atoms with van der Waals surface area (Å²) in [5.41, 5.74) is 4.06. The number of halogens is 2. The quantitative estimate of drug-likeness (QED) is 0.591. The van der Waals surface area contributed by atoms with Gasteiger partial charge in [-0.2, -0.15) is 0 Å². The standard InChI is InChI=1S/C22H21ClFN5O/c1-26-8-10-27(11-9-26)22(30)28-13-20-21(15-2-5-17(24)6-3-15)25-14-29(20)18-7-4-16(23)12-19(18)28/h2-7,12,14H,8-11,13H2,1H3. The van der Waals surface area contributed by atoms with Crippen molar-refractivity contribution in [2.75, 3.05) is 38.1 Å². The maximum absolute atomic E-state index is 13.5. The highest BCUT2D eigenvalue weighted by Gasteiger charge is 2.33. The van der Waals surface area contributed by atoms with Crippen molar-refractivity contribution in [3.05, 3.63) is 65.3 Å². The smallest absolute Gasteiger partial charge is 0.322 e. The Kier molecular flexibility index (Phi) is 4.72. The number of hydrogen-bond donors (Lipinski definition) is 0. The van der Waals surface area contributed by atoms with Crippen molar-refractivity contribution in [1.82, 2.24) is 19.4 Å². The summed E-state index contributed by atoms with van der Waals surface area (Å²) < 4.78 is 15.4. The Hall–Kier alpha value is -2.90. The van der Waals surface area contributed by atoms with Crippen LogP contribution in [0.25, 0.3) is 16.9 Å². The summed E-state index contributed by atoms with van der Waals surface area (Å²) in [4.78, 5) is 23.9. The SMILES string of the molecule is CN1CCN(C(=O)N2Cc3c(-c4ccc(F)cc4)ncn3-c3ccc(Cl)cc32)CC1. The summed E-state index contributed by atoms with van der Waals surface area (Å²) in [6.45, 7) is 3.43. The van der Waals surface area contributed by atoms with E-state index in [1.54, 1.807) is 23.4 Å². The lowest BCUT2D eigenvalue weighted by molar-refractivity contribution is 0.159. The zero-order valence-electron chi connectivity index (χ0n) is 16.6. The Labute approximate surface area is 179 Å². The highest BCUT2D eigenvalue weighted by atomic mass is 35.5. The van der Waals surface area contributed by atoms with Crippen molar-refractivity contribution in [3.8, 4) is 16.9 Å². The van der Waals surface area contributed by atoms with Gasteiger partial charge in [0.1, 0.15) is 12.1 Å². The van der Waals surface area contributed by atoms with Crippen molar-refractivity contribution in [2.45, 2.75) is 6.54 Å². The summed E-state index contributed by atoms with van der Waals surface area (Å²) in [5.74, 6) is -0.293. The van der Waals surface area contributed by atoms with E-state index in [0.717, 1.165) is 41.4 Å². The number of hydrogen-bond acceptors (Lipinski definition) is 3. The molecule has 154 valence electrons. The van der Waals surface area contributed by atoms with Gasteiger partial charge in [-0.3, -0.25) is 9.47 Å². The summed E-state index contributed by atoms with van der Waals surface area (Å²) >= 11 is 6.28. The van der Waals surface area contributed by atoms with Crippen LogP contribution < -0.4 is 4.90 Å². The van der Waals surface area contributed by atoms with Crippen molar-refractivity contribution in [3.63, 3.8) is 0 Å². The fraction of sp³-hybridized carbons (Fsp3) is 0.273. The molecule has 2 amide bonds. The molecule has 0 unspecified atom stereocenters. The highest BCUT2D eigenvalue weighted by Crippen LogP contribution is 2.38. The molecule has 1 saturated heterocycles. The van der Waals surface area contributed by atoms with Gasteiger partial charge in [-0.1, -0.05) is 11.6 Å². The molecule has 0 N–H and O–H groups in total. The van der Waals surface area contributed by atoms with Crippen LogP contribution in [0.1, 0.15) is 5.69 Å². The second kappa shape index (κ2) is 7.41. The molecule has 30 heavy (non-hydrogen) atoms. The van der Waals surface area contributed by atoms with E-state index in [9.17, 15) is 9.18 Å². The van der Waals surface area contributed by atoms with Crippen LogP contribution >= 0.6 is 11.6 Å². The Balaban J connectivity index is 1.57. The van der Waals surface area contributed by atoms with E-state index >= 15 is 0 Å². The first-order valence-corrected chi connectivity index (χ1v) is 10.3. The molecule has 3 aromatic rings. The molecule has 8 heteroatoms. The van der Waals surface area contributed by atoms with Gasteiger partial charge in [-0.25, -0.2) is 14.2 Å². The molecule has 2 aromatic carbocycles. The molecule has 5 rings (SSSR count). The Bertz CT molecular complexity index is 1090. The van der Waals surface area contributed by atoms with Gasteiger partial charge in [0.2, 0.25) is 0 Å². The molecule has 6 nitrogen and oxygen atoms in total. The number of rotatable bonds is 1. The number of imidazole rings is 1. The van der Waals surface area contributed by atoms with Crippen molar-refractivity contribution in [2.24, 2.45) is 0 Å². The number of piperazine rings is 1. The summed E-state index contributed by atoms with van der Waals surface area (Å²) in [7, 11) is 2.06. The van der Waals surface area contributed by atoms with E-state index < -0.39 is 0 Å². The predicted molar refractivity (Wildman–Crippen MR) is 115 cm³/mol. The first-order chi connectivity index (χ1) is 14.5. The monoisotopic (exact) mass is 425 g/mol. The van der Waals surface area contributed by atoms with Crippen molar-refractivity contribution >= 4 is 23.3 Å². The van der Waals surface area contributed by atoms with Gasteiger partial charge in [0.05, 0.1) is 29.3 Å². The zero-order chi connectivity index (χ0) is 20.8. The number of carbonyl (C=O) groups is 1.